The van der Waals surface area contributed by atoms with E-state index in [-0.39, 0.29) is 17.7 Å². The molecule has 0 saturated heterocycles. The predicted molar refractivity (Wildman–Crippen MR) is 115 cm³/mol. The fourth-order valence-corrected chi connectivity index (χ4v) is 3.49. The Morgan fingerprint density at radius 3 is 2.24 bits per heavy atom. The molecule has 0 radical (unpaired) electrons. The predicted octanol–water partition coefficient (Wildman–Crippen LogP) is 4.45. The zero-order chi connectivity index (χ0) is 20.4. The van der Waals surface area contributed by atoms with Crippen molar-refractivity contribution in [3.8, 4) is 5.75 Å². The molecule has 4 rings (SSSR count). The van der Waals surface area contributed by atoms with Crippen LogP contribution in [0.3, 0.4) is 0 Å². The first-order valence-corrected chi connectivity index (χ1v) is 9.56. The van der Waals surface area contributed by atoms with Crippen molar-refractivity contribution in [3.63, 3.8) is 0 Å². The third-order valence-corrected chi connectivity index (χ3v) is 5.13. The van der Waals surface area contributed by atoms with Gasteiger partial charge in [0, 0.05) is 31.8 Å². The van der Waals surface area contributed by atoms with Crippen molar-refractivity contribution in [2.24, 2.45) is 5.10 Å². The van der Waals surface area contributed by atoms with E-state index in [0.717, 1.165) is 22.5 Å². The van der Waals surface area contributed by atoms with Gasteiger partial charge in [-0.1, -0.05) is 42.5 Å². The number of phenolic OH excluding ortho intramolecular Hbond substituents is 1. The summed E-state index contributed by atoms with van der Waals surface area (Å²) < 4.78 is 0. The van der Waals surface area contributed by atoms with Crippen LogP contribution in [-0.2, 0) is 0 Å². The van der Waals surface area contributed by atoms with Gasteiger partial charge >= 0.3 is 0 Å². The maximum absolute atomic E-state index is 13.2. The number of benzene rings is 3. The van der Waals surface area contributed by atoms with Gasteiger partial charge in [0.05, 0.1) is 11.8 Å². The molecule has 0 fully saturated rings. The van der Waals surface area contributed by atoms with Gasteiger partial charge in [-0.3, -0.25) is 4.79 Å². The summed E-state index contributed by atoms with van der Waals surface area (Å²) in [4.78, 5) is 15.3. The van der Waals surface area contributed by atoms with Crippen LogP contribution in [0.25, 0.3) is 0 Å². The van der Waals surface area contributed by atoms with Gasteiger partial charge in [0.1, 0.15) is 5.75 Å². The number of carbonyl (C=O) groups is 1. The lowest BCUT2D eigenvalue weighted by atomic mass is 9.98. The van der Waals surface area contributed by atoms with Gasteiger partial charge in [0.2, 0.25) is 0 Å². The van der Waals surface area contributed by atoms with Crippen LogP contribution >= 0.6 is 0 Å². The lowest BCUT2D eigenvalue weighted by Crippen LogP contribution is -2.27. The minimum absolute atomic E-state index is 0.132. The second-order valence-corrected chi connectivity index (χ2v) is 7.32. The first-order valence-electron chi connectivity index (χ1n) is 9.56. The summed E-state index contributed by atoms with van der Waals surface area (Å²) in [5.41, 5.74) is 4.54. The van der Waals surface area contributed by atoms with Crippen LogP contribution in [0.1, 0.15) is 33.9 Å². The highest BCUT2D eigenvalue weighted by molar-refractivity contribution is 6.05. The van der Waals surface area contributed by atoms with Gasteiger partial charge in [0.25, 0.3) is 5.91 Å². The lowest BCUT2D eigenvalue weighted by molar-refractivity contribution is 0.0711. The fraction of sp³-hybridized carbons (Fsp3) is 0.167. The molecule has 3 aromatic carbocycles. The van der Waals surface area contributed by atoms with Gasteiger partial charge in [-0.2, -0.15) is 5.10 Å². The van der Waals surface area contributed by atoms with E-state index < -0.39 is 0 Å². The van der Waals surface area contributed by atoms with Crippen molar-refractivity contribution in [1.82, 2.24) is 5.01 Å². The summed E-state index contributed by atoms with van der Waals surface area (Å²) >= 11 is 0. The Bertz CT molecular complexity index is 1030. The average molecular weight is 385 g/mol. The van der Waals surface area contributed by atoms with E-state index in [1.807, 2.05) is 49.3 Å². The Kier molecular flexibility index (Phi) is 5.04. The third-order valence-electron chi connectivity index (χ3n) is 5.13. The van der Waals surface area contributed by atoms with Crippen LogP contribution in [0.2, 0.25) is 0 Å². The van der Waals surface area contributed by atoms with Crippen LogP contribution < -0.4 is 4.90 Å². The molecule has 29 heavy (non-hydrogen) atoms. The summed E-state index contributed by atoms with van der Waals surface area (Å²) in [7, 11) is 4.00. The topological polar surface area (TPSA) is 56.1 Å². The summed E-state index contributed by atoms with van der Waals surface area (Å²) in [6.07, 6.45) is 0.648. The molecule has 0 spiro atoms. The van der Waals surface area contributed by atoms with Crippen molar-refractivity contribution in [2.45, 2.75) is 12.5 Å². The highest BCUT2D eigenvalue weighted by Gasteiger charge is 2.33. The number of rotatable bonds is 4. The van der Waals surface area contributed by atoms with Gasteiger partial charge in [-0.05, 0) is 47.5 Å². The Hall–Kier alpha value is -3.60. The number of amides is 1. The van der Waals surface area contributed by atoms with E-state index in [9.17, 15) is 9.90 Å². The second kappa shape index (κ2) is 7.80. The summed E-state index contributed by atoms with van der Waals surface area (Å²) in [6, 6.07) is 24.3. The molecule has 1 amide bonds. The molecule has 0 saturated carbocycles. The molecule has 0 aromatic heterocycles. The van der Waals surface area contributed by atoms with Gasteiger partial charge in [-0.25, -0.2) is 5.01 Å². The van der Waals surface area contributed by atoms with Gasteiger partial charge in [0.15, 0.2) is 0 Å². The maximum Gasteiger partial charge on any atom is 0.274 e. The minimum Gasteiger partial charge on any atom is -0.508 e. The van der Waals surface area contributed by atoms with E-state index in [4.69, 9.17) is 5.10 Å². The number of aromatic hydroxyl groups is 1. The number of hydrazone groups is 1. The molecule has 1 aliphatic heterocycles. The Morgan fingerprint density at radius 2 is 1.62 bits per heavy atom. The van der Waals surface area contributed by atoms with Crippen molar-refractivity contribution in [1.29, 1.82) is 0 Å². The number of anilines is 1. The highest BCUT2D eigenvalue weighted by atomic mass is 16.3. The lowest BCUT2D eigenvalue weighted by Gasteiger charge is -2.23. The van der Waals surface area contributed by atoms with Crippen LogP contribution in [-0.4, -0.2) is 35.8 Å². The average Bonchev–Trinajstić information content (AvgIpc) is 3.20. The fourth-order valence-electron chi connectivity index (χ4n) is 3.49. The first kappa shape index (κ1) is 18.7. The molecule has 5 nitrogen and oxygen atoms in total. The molecule has 1 N–H and O–H groups in total. The number of phenols is 1. The van der Waals surface area contributed by atoms with E-state index in [2.05, 4.69) is 24.3 Å². The standard InChI is InChI=1S/C24H23N3O2/c1-26(2)20-12-8-18(9-13-20)23-16-22(17-6-4-3-5-7-17)25-27(23)24(29)19-10-14-21(28)15-11-19/h3-15,23,28H,16H2,1-2H3. The number of hydrogen-bond acceptors (Lipinski definition) is 4. The molecule has 0 aliphatic carbocycles. The van der Waals surface area contributed by atoms with Crippen LogP contribution in [0.5, 0.6) is 5.75 Å². The molecular formula is C24H23N3O2. The quantitative estimate of drug-likeness (QED) is 0.722. The van der Waals surface area contributed by atoms with Crippen molar-refractivity contribution in [3.05, 3.63) is 95.6 Å². The summed E-state index contributed by atoms with van der Waals surface area (Å²) in [5, 5.41) is 15.8. The van der Waals surface area contributed by atoms with Gasteiger partial charge in [-0.15, -0.1) is 0 Å². The van der Waals surface area contributed by atoms with Crippen LogP contribution in [0, 0.1) is 0 Å². The Morgan fingerprint density at radius 1 is 0.966 bits per heavy atom. The normalized spacial score (nSPS) is 15.9. The maximum atomic E-state index is 13.2. The molecule has 1 heterocycles. The van der Waals surface area contributed by atoms with Crippen molar-refractivity contribution < 1.29 is 9.90 Å². The van der Waals surface area contributed by atoms with E-state index in [1.165, 1.54) is 12.1 Å². The Labute approximate surface area is 170 Å². The molecule has 1 aliphatic rings. The summed E-state index contributed by atoms with van der Waals surface area (Å²) in [5.74, 6) is -0.0510. The zero-order valence-corrected chi connectivity index (χ0v) is 16.5. The molecular weight excluding hydrogens is 362 g/mol. The largest absolute Gasteiger partial charge is 0.508 e. The van der Waals surface area contributed by atoms with E-state index >= 15 is 0 Å². The van der Waals surface area contributed by atoms with Crippen molar-refractivity contribution >= 4 is 17.3 Å². The first-order chi connectivity index (χ1) is 14.0. The number of nitrogens with zero attached hydrogens (tertiary/aromatic N) is 3. The monoisotopic (exact) mass is 385 g/mol. The molecule has 0 bridgehead atoms. The summed E-state index contributed by atoms with van der Waals surface area (Å²) in [6.45, 7) is 0. The number of carbonyl (C=O) groups excluding carboxylic acids is 1. The molecule has 146 valence electrons. The molecule has 3 aromatic rings. The molecule has 1 atom stereocenters. The zero-order valence-electron chi connectivity index (χ0n) is 16.5. The second-order valence-electron chi connectivity index (χ2n) is 7.32. The molecule has 1 unspecified atom stereocenters. The van der Waals surface area contributed by atoms with Crippen molar-refractivity contribution in [2.75, 3.05) is 19.0 Å². The van der Waals surface area contributed by atoms with E-state index in [0.29, 0.717) is 12.0 Å². The highest BCUT2D eigenvalue weighted by Crippen LogP contribution is 2.34. The van der Waals surface area contributed by atoms with Crippen LogP contribution in [0.4, 0.5) is 5.69 Å². The van der Waals surface area contributed by atoms with Crippen LogP contribution in [0.15, 0.2) is 84.0 Å². The minimum atomic E-state index is -0.183. The van der Waals surface area contributed by atoms with Gasteiger partial charge < -0.3 is 10.0 Å². The smallest absolute Gasteiger partial charge is 0.274 e. The third kappa shape index (κ3) is 3.85. The molecule has 5 heteroatoms. The Balaban J connectivity index is 1.70. The SMILES string of the molecule is CN(C)c1ccc(C2CC(c3ccccc3)=NN2C(=O)c2ccc(O)cc2)cc1. The number of hydrogen-bond donors (Lipinski definition) is 1. The van der Waals surface area contributed by atoms with E-state index in [1.54, 1.807) is 17.1 Å².